The lowest BCUT2D eigenvalue weighted by Crippen LogP contribution is -2.25. The van der Waals surface area contributed by atoms with Crippen molar-refractivity contribution in [1.82, 2.24) is 19.7 Å². The van der Waals surface area contributed by atoms with Crippen LogP contribution >= 0.6 is 0 Å². The van der Waals surface area contributed by atoms with Gasteiger partial charge in [-0.3, -0.25) is 9.38 Å². The van der Waals surface area contributed by atoms with Gasteiger partial charge in [-0.05, 0) is 13.3 Å². The highest BCUT2D eigenvalue weighted by Gasteiger charge is 2.04. The minimum Gasteiger partial charge on any atom is -0.309 e. The van der Waals surface area contributed by atoms with E-state index >= 15 is 0 Å². The zero-order chi connectivity index (χ0) is 11.4. The van der Waals surface area contributed by atoms with Gasteiger partial charge < -0.3 is 5.32 Å². The van der Waals surface area contributed by atoms with Crippen LogP contribution in [0.15, 0.2) is 24.8 Å². The normalized spacial score (nSPS) is 13.1. The van der Waals surface area contributed by atoms with E-state index in [1.165, 1.54) is 18.5 Å². The van der Waals surface area contributed by atoms with Gasteiger partial charge >= 0.3 is 0 Å². The molecule has 4 heteroatoms. The third kappa shape index (κ3) is 2.39. The average Bonchev–Trinajstić information content (AvgIpc) is 2.70. The highest BCUT2D eigenvalue weighted by molar-refractivity contribution is 5.36. The van der Waals surface area contributed by atoms with E-state index in [0.717, 1.165) is 12.2 Å². The Hall–Kier alpha value is -1.42. The number of imidazole rings is 1. The monoisotopic (exact) mass is 218 g/mol. The van der Waals surface area contributed by atoms with Crippen LogP contribution in [0.2, 0.25) is 0 Å². The molecular weight excluding hydrogens is 200 g/mol. The minimum atomic E-state index is 0.553. The topological polar surface area (TPSA) is 42.2 Å². The molecule has 2 heterocycles. The van der Waals surface area contributed by atoms with Crippen molar-refractivity contribution < 1.29 is 0 Å². The first-order chi connectivity index (χ1) is 7.81. The molecule has 0 saturated heterocycles. The Bertz CT molecular complexity index is 449. The van der Waals surface area contributed by atoms with Crippen molar-refractivity contribution in [3.8, 4) is 0 Å². The van der Waals surface area contributed by atoms with E-state index in [4.69, 9.17) is 0 Å². The summed E-state index contributed by atoms with van der Waals surface area (Å²) in [5.74, 6) is 0. The molecule has 0 bridgehead atoms. The van der Waals surface area contributed by atoms with Crippen LogP contribution in [0.25, 0.3) is 5.65 Å². The fourth-order valence-corrected chi connectivity index (χ4v) is 1.84. The molecule has 86 valence electrons. The molecule has 0 saturated carbocycles. The van der Waals surface area contributed by atoms with E-state index in [-0.39, 0.29) is 0 Å². The van der Waals surface area contributed by atoms with Crippen molar-refractivity contribution in [3.63, 3.8) is 0 Å². The van der Waals surface area contributed by atoms with Crippen molar-refractivity contribution in [2.45, 2.75) is 39.3 Å². The molecule has 0 amide bonds. The molecule has 0 aliphatic rings. The second-order valence-corrected chi connectivity index (χ2v) is 4.12. The summed E-state index contributed by atoms with van der Waals surface area (Å²) in [6, 6.07) is 0.553. The SMILES string of the molecule is CCCC(C)NCc1cnc2cnccn12. The second kappa shape index (κ2) is 5.07. The van der Waals surface area contributed by atoms with Crippen LogP contribution in [0.4, 0.5) is 0 Å². The summed E-state index contributed by atoms with van der Waals surface area (Å²) in [4.78, 5) is 8.35. The lowest BCUT2D eigenvalue weighted by Gasteiger charge is -2.11. The lowest BCUT2D eigenvalue weighted by molar-refractivity contribution is 0.503. The fourth-order valence-electron chi connectivity index (χ4n) is 1.84. The predicted octanol–water partition coefficient (Wildman–Crippen LogP) is 2.01. The summed E-state index contributed by atoms with van der Waals surface area (Å²) in [7, 11) is 0. The Morgan fingerprint density at radius 1 is 1.44 bits per heavy atom. The highest BCUT2D eigenvalue weighted by Crippen LogP contribution is 2.05. The molecular formula is C12H18N4. The van der Waals surface area contributed by atoms with Crippen molar-refractivity contribution >= 4 is 5.65 Å². The van der Waals surface area contributed by atoms with Gasteiger partial charge in [-0.25, -0.2) is 4.98 Å². The predicted molar refractivity (Wildman–Crippen MR) is 64.2 cm³/mol. The Kier molecular flexibility index (Phi) is 3.51. The van der Waals surface area contributed by atoms with Crippen LogP contribution in [0, 0.1) is 0 Å². The minimum absolute atomic E-state index is 0.553. The molecule has 1 N–H and O–H groups in total. The largest absolute Gasteiger partial charge is 0.309 e. The molecule has 0 spiro atoms. The Balaban J connectivity index is 2.04. The maximum absolute atomic E-state index is 4.30. The number of hydrogen-bond donors (Lipinski definition) is 1. The molecule has 16 heavy (non-hydrogen) atoms. The Labute approximate surface area is 95.7 Å². The zero-order valence-corrected chi connectivity index (χ0v) is 9.85. The van der Waals surface area contributed by atoms with Gasteiger partial charge in [-0.1, -0.05) is 13.3 Å². The molecule has 0 aromatic carbocycles. The van der Waals surface area contributed by atoms with Crippen molar-refractivity contribution in [2.75, 3.05) is 0 Å². The molecule has 0 radical (unpaired) electrons. The van der Waals surface area contributed by atoms with Crippen LogP contribution in [-0.4, -0.2) is 20.4 Å². The summed E-state index contributed by atoms with van der Waals surface area (Å²) in [5.41, 5.74) is 2.09. The van der Waals surface area contributed by atoms with Gasteiger partial charge in [-0.15, -0.1) is 0 Å². The molecule has 0 fully saturated rings. The van der Waals surface area contributed by atoms with E-state index in [1.807, 2.05) is 12.4 Å². The van der Waals surface area contributed by atoms with Gasteiger partial charge in [0.1, 0.15) is 0 Å². The van der Waals surface area contributed by atoms with Gasteiger partial charge in [0.05, 0.1) is 18.1 Å². The number of nitrogens with one attached hydrogen (secondary N) is 1. The van der Waals surface area contributed by atoms with Crippen molar-refractivity contribution in [2.24, 2.45) is 0 Å². The molecule has 1 atom stereocenters. The van der Waals surface area contributed by atoms with Crippen molar-refractivity contribution in [1.29, 1.82) is 0 Å². The van der Waals surface area contributed by atoms with E-state index in [2.05, 4.69) is 33.5 Å². The maximum Gasteiger partial charge on any atom is 0.155 e. The molecule has 1 unspecified atom stereocenters. The second-order valence-electron chi connectivity index (χ2n) is 4.12. The zero-order valence-electron chi connectivity index (χ0n) is 9.85. The number of hydrogen-bond acceptors (Lipinski definition) is 3. The summed E-state index contributed by atoms with van der Waals surface area (Å²) in [6.07, 6.45) is 9.84. The van der Waals surface area contributed by atoms with E-state index in [1.54, 1.807) is 12.4 Å². The number of nitrogens with zero attached hydrogens (tertiary/aromatic N) is 3. The van der Waals surface area contributed by atoms with Crippen LogP contribution in [0.3, 0.4) is 0 Å². The third-order valence-corrected chi connectivity index (χ3v) is 2.75. The summed E-state index contributed by atoms with van der Waals surface area (Å²) in [5, 5.41) is 3.50. The van der Waals surface area contributed by atoms with Crippen LogP contribution in [0.5, 0.6) is 0 Å². The molecule has 2 rings (SSSR count). The molecule has 0 aliphatic carbocycles. The molecule has 2 aromatic heterocycles. The van der Waals surface area contributed by atoms with Gasteiger partial charge in [0, 0.05) is 25.0 Å². The maximum atomic E-state index is 4.30. The number of rotatable bonds is 5. The first-order valence-electron chi connectivity index (χ1n) is 5.80. The fraction of sp³-hybridized carbons (Fsp3) is 0.500. The number of aromatic nitrogens is 3. The Morgan fingerprint density at radius 3 is 3.12 bits per heavy atom. The number of fused-ring (bicyclic) bond motifs is 1. The van der Waals surface area contributed by atoms with Crippen molar-refractivity contribution in [3.05, 3.63) is 30.5 Å². The van der Waals surface area contributed by atoms with Gasteiger partial charge in [-0.2, -0.15) is 0 Å². The van der Waals surface area contributed by atoms with Gasteiger partial charge in [0.25, 0.3) is 0 Å². The third-order valence-electron chi connectivity index (χ3n) is 2.75. The summed E-state index contributed by atoms with van der Waals surface area (Å²) < 4.78 is 2.07. The van der Waals surface area contributed by atoms with E-state index in [9.17, 15) is 0 Å². The Morgan fingerprint density at radius 2 is 2.31 bits per heavy atom. The average molecular weight is 218 g/mol. The smallest absolute Gasteiger partial charge is 0.155 e. The van der Waals surface area contributed by atoms with Crippen LogP contribution < -0.4 is 5.32 Å². The summed E-state index contributed by atoms with van der Waals surface area (Å²) >= 11 is 0. The standard InChI is InChI=1S/C12H18N4/c1-3-4-10(2)14-7-11-8-15-12-9-13-5-6-16(11)12/h5-6,8-10,14H,3-4,7H2,1-2H3. The van der Waals surface area contributed by atoms with E-state index < -0.39 is 0 Å². The molecule has 2 aromatic rings. The molecule has 4 nitrogen and oxygen atoms in total. The van der Waals surface area contributed by atoms with Gasteiger partial charge in [0.2, 0.25) is 0 Å². The lowest BCUT2D eigenvalue weighted by atomic mass is 10.2. The first-order valence-corrected chi connectivity index (χ1v) is 5.80. The highest BCUT2D eigenvalue weighted by atomic mass is 15.0. The van der Waals surface area contributed by atoms with Gasteiger partial charge in [0.15, 0.2) is 5.65 Å². The van der Waals surface area contributed by atoms with Crippen LogP contribution in [0.1, 0.15) is 32.4 Å². The quantitative estimate of drug-likeness (QED) is 0.834. The van der Waals surface area contributed by atoms with E-state index in [0.29, 0.717) is 6.04 Å². The molecule has 0 aliphatic heterocycles. The first kappa shape index (κ1) is 11.1. The summed E-state index contributed by atoms with van der Waals surface area (Å²) in [6.45, 7) is 5.28. The van der Waals surface area contributed by atoms with Crippen LogP contribution in [-0.2, 0) is 6.54 Å².